The fourth-order valence-electron chi connectivity index (χ4n) is 1.58. The van der Waals surface area contributed by atoms with Crippen molar-refractivity contribution >= 4 is 5.69 Å². The van der Waals surface area contributed by atoms with Crippen LogP contribution >= 0.6 is 0 Å². The van der Waals surface area contributed by atoms with E-state index in [-0.39, 0.29) is 0 Å². The van der Waals surface area contributed by atoms with Crippen molar-refractivity contribution in [2.24, 2.45) is 0 Å². The van der Waals surface area contributed by atoms with E-state index in [1.807, 2.05) is 31.3 Å². The standard InChI is InChI=1S/C14H16N2O/c1-3-11-5-4-6-13(7-11)17-14-8-12(15-2)9-16-10-14/h4-10,15H,3H2,1-2H3. The molecule has 1 aromatic heterocycles. The first-order valence-corrected chi connectivity index (χ1v) is 5.71. The summed E-state index contributed by atoms with van der Waals surface area (Å²) < 4.78 is 5.76. The Morgan fingerprint density at radius 3 is 2.82 bits per heavy atom. The lowest BCUT2D eigenvalue weighted by atomic mass is 10.2. The molecule has 0 aliphatic heterocycles. The molecule has 0 saturated heterocycles. The van der Waals surface area contributed by atoms with Crippen LogP contribution in [0.25, 0.3) is 0 Å². The fourth-order valence-corrected chi connectivity index (χ4v) is 1.58. The van der Waals surface area contributed by atoms with E-state index in [1.165, 1.54) is 5.56 Å². The van der Waals surface area contributed by atoms with Crippen LogP contribution in [-0.2, 0) is 6.42 Å². The summed E-state index contributed by atoms with van der Waals surface area (Å²) in [6.45, 7) is 2.13. The first-order chi connectivity index (χ1) is 8.31. The maximum atomic E-state index is 5.76. The van der Waals surface area contributed by atoms with Crippen molar-refractivity contribution in [2.75, 3.05) is 12.4 Å². The van der Waals surface area contributed by atoms with E-state index in [9.17, 15) is 0 Å². The molecule has 0 atom stereocenters. The van der Waals surface area contributed by atoms with Crippen LogP contribution in [0.5, 0.6) is 11.5 Å². The molecule has 0 spiro atoms. The Kier molecular flexibility index (Phi) is 3.60. The van der Waals surface area contributed by atoms with Gasteiger partial charge in [0.1, 0.15) is 11.5 Å². The van der Waals surface area contributed by atoms with Gasteiger partial charge in [0, 0.05) is 13.1 Å². The van der Waals surface area contributed by atoms with E-state index in [2.05, 4.69) is 23.3 Å². The summed E-state index contributed by atoms with van der Waals surface area (Å²) >= 11 is 0. The predicted octanol–water partition coefficient (Wildman–Crippen LogP) is 3.48. The van der Waals surface area contributed by atoms with Crippen LogP contribution in [0.3, 0.4) is 0 Å². The van der Waals surface area contributed by atoms with Gasteiger partial charge < -0.3 is 10.1 Å². The predicted molar refractivity (Wildman–Crippen MR) is 69.7 cm³/mol. The number of nitrogens with zero attached hydrogens (tertiary/aromatic N) is 1. The molecule has 1 aromatic carbocycles. The van der Waals surface area contributed by atoms with E-state index in [1.54, 1.807) is 12.4 Å². The fraction of sp³-hybridized carbons (Fsp3) is 0.214. The third-order valence-electron chi connectivity index (χ3n) is 2.54. The lowest BCUT2D eigenvalue weighted by molar-refractivity contribution is 0.480. The van der Waals surface area contributed by atoms with Gasteiger partial charge in [-0.1, -0.05) is 19.1 Å². The van der Waals surface area contributed by atoms with Gasteiger partial charge in [-0.25, -0.2) is 0 Å². The van der Waals surface area contributed by atoms with Crippen LogP contribution in [0.15, 0.2) is 42.7 Å². The number of hydrogen-bond acceptors (Lipinski definition) is 3. The number of aryl methyl sites for hydroxylation is 1. The molecule has 1 heterocycles. The highest BCUT2D eigenvalue weighted by atomic mass is 16.5. The van der Waals surface area contributed by atoms with Crippen molar-refractivity contribution in [2.45, 2.75) is 13.3 Å². The number of aromatic nitrogens is 1. The van der Waals surface area contributed by atoms with Crippen LogP contribution in [0.1, 0.15) is 12.5 Å². The van der Waals surface area contributed by atoms with Crippen LogP contribution in [0.4, 0.5) is 5.69 Å². The molecule has 3 nitrogen and oxygen atoms in total. The monoisotopic (exact) mass is 228 g/mol. The topological polar surface area (TPSA) is 34.1 Å². The Morgan fingerprint density at radius 1 is 1.18 bits per heavy atom. The third kappa shape index (κ3) is 2.97. The van der Waals surface area contributed by atoms with Crippen LogP contribution < -0.4 is 10.1 Å². The van der Waals surface area contributed by atoms with Gasteiger partial charge >= 0.3 is 0 Å². The van der Waals surface area contributed by atoms with Gasteiger partial charge in [-0.2, -0.15) is 0 Å². The number of anilines is 1. The largest absolute Gasteiger partial charge is 0.456 e. The van der Waals surface area contributed by atoms with Crippen LogP contribution in [-0.4, -0.2) is 12.0 Å². The van der Waals surface area contributed by atoms with E-state index < -0.39 is 0 Å². The zero-order valence-corrected chi connectivity index (χ0v) is 10.1. The molecule has 3 heteroatoms. The second kappa shape index (κ2) is 5.34. The second-order valence-corrected chi connectivity index (χ2v) is 3.76. The first kappa shape index (κ1) is 11.5. The van der Waals surface area contributed by atoms with Crippen molar-refractivity contribution in [3.8, 4) is 11.5 Å². The molecule has 0 fully saturated rings. The summed E-state index contributed by atoms with van der Waals surface area (Å²) in [5.41, 5.74) is 2.20. The summed E-state index contributed by atoms with van der Waals surface area (Å²) in [6, 6.07) is 10.0. The zero-order chi connectivity index (χ0) is 12.1. The highest BCUT2D eigenvalue weighted by Crippen LogP contribution is 2.23. The van der Waals surface area contributed by atoms with Gasteiger partial charge in [-0.05, 0) is 24.1 Å². The molecule has 0 aliphatic carbocycles. The molecular weight excluding hydrogens is 212 g/mol. The van der Waals surface area contributed by atoms with Gasteiger partial charge in [-0.15, -0.1) is 0 Å². The zero-order valence-electron chi connectivity index (χ0n) is 10.1. The second-order valence-electron chi connectivity index (χ2n) is 3.76. The maximum Gasteiger partial charge on any atom is 0.147 e. The molecule has 17 heavy (non-hydrogen) atoms. The van der Waals surface area contributed by atoms with Crippen molar-refractivity contribution < 1.29 is 4.74 Å². The molecule has 0 aliphatic rings. The average molecular weight is 228 g/mol. The summed E-state index contributed by atoms with van der Waals surface area (Å²) in [4.78, 5) is 4.11. The minimum Gasteiger partial charge on any atom is -0.456 e. The van der Waals surface area contributed by atoms with E-state index in [4.69, 9.17) is 4.74 Å². The molecule has 2 aromatic rings. The van der Waals surface area contributed by atoms with E-state index >= 15 is 0 Å². The smallest absolute Gasteiger partial charge is 0.147 e. The quantitative estimate of drug-likeness (QED) is 0.870. The molecule has 0 unspecified atom stereocenters. The average Bonchev–Trinajstić information content (AvgIpc) is 2.39. The van der Waals surface area contributed by atoms with Gasteiger partial charge in [0.25, 0.3) is 0 Å². The molecule has 0 bridgehead atoms. The summed E-state index contributed by atoms with van der Waals surface area (Å²) in [5.74, 6) is 1.59. The van der Waals surface area contributed by atoms with Crippen molar-refractivity contribution in [3.63, 3.8) is 0 Å². The van der Waals surface area contributed by atoms with Gasteiger partial charge in [0.2, 0.25) is 0 Å². The molecule has 1 N–H and O–H groups in total. The van der Waals surface area contributed by atoms with Crippen LogP contribution in [0.2, 0.25) is 0 Å². The van der Waals surface area contributed by atoms with Gasteiger partial charge in [0.05, 0.1) is 18.1 Å². The Labute approximate surface area is 101 Å². The van der Waals surface area contributed by atoms with Crippen molar-refractivity contribution in [1.82, 2.24) is 4.98 Å². The van der Waals surface area contributed by atoms with Gasteiger partial charge in [-0.3, -0.25) is 4.98 Å². The lowest BCUT2D eigenvalue weighted by Gasteiger charge is -2.07. The number of benzene rings is 1. The Balaban J connectivity index is 2.18. The van der Waals surface area contributed by atoms with E-state index in [0.717, 1.165) is 23.6 Å². The lowest BCUT2D eigenvalue weighted by Crippen LogP contribution is -1.91. The van der Waals surface area contributed by atoms with Crippen molar-refractivity contribution in [1.29, 1.82) is 0 Å². The number of nitrogens with one attached hydrogen (secondary N) is 1. The van der Waals surface area contributed by atoms with Crippen LogP contribution in [0, 0.1) is 0 Å². The molecule has 2 rings (SSSR count). The number of rotatable bonds is 4. The molecule has 0 saturated carbocycles. The summed E-state index contributed by atoms with van der Waals surface area (Å²) in [7, 11) is 1.86. The number of pyridine rings is 1. The molecule has 88 valence electrons. The molecular formula is C14H16N2O. The Bertz CT molecular complexity index is 452. The number of ether oxygens (including phenoxy) is 1. The SMILES string of the molecule is CCc1cccc(Oc2cncc(NC)c2)c1. The Morgan fingerprint density at radius 2 is 2.06 bits per heavy atom. The highest BCUT2D eigenvalue weighted by molar-refractivity contribution is 5.45. The maximum absolute atomic E-state index is 5.76. The minimum atomic E-state index is 0.741. The Hall–Kier alpha value is -2.03. The highest BCUT2D eigenvalue weighted by Gasteiger charge is 1.99. The minimum absolute atomic E-state index is 0.741. The third-order valence-corrected chi connectivity index (χ3v) is 2.54. The number of hydrogen-bond donors (Lipinski definition) is 1. The summed E-state index contributed by atoms with van der Waals surface area (Å²) in [6.07, 6.45) is 4.47. The first-order valence-electron chi connectivity index (χ1n) is 5.71. The summed E-state index contributed by atoms with van der Waals surface area (Å²) in [5, 5.41) is 3.03. The van der Waals surface area contributed by atoms with Gasteiger partial charge in [0.15, 0.2) is 0 Å². The normalized spacial score (nSPS) is 10.0. The molecule has 0 radical (unpaired) electrons. The van der Waals surface area contributed by atoms with E-state index in [0.29, 0.717) is 0 Å². The van der Waals surface area contributed by atoms with Crippen molar-refractivity contribution in [3.05, 3.63) is 48.3 Å². The molecule has 0 amide bonds.